The zero-order valence-electron chi connectivity index (χ0n) is 19.0. The summed E-state index contributed by atoms with van der Waals surface area (Å²) in [5.41, 5.74) is 1.73. The number of rotatable bonds is 4. The molecule has 6 rings (SSSR count). The molecule has 4 heterocycles. The van der Waals surface area contributed by atoms with E-state index in [1.807, 2.05) is 17.0 Å². The predicted octanol–water partition coefficient (Wildman–Crippen LogP) is 1.14. The van der Waals surface area contributed by atoms with Crippen LogP contribution in [0.15, 0.2) is 41.4 Å². The second-order valence-corrected chi connectivity index (χ2v) is 8.73. The van der Waals surface area contributed by atoms with Crippen molar-refractivity contribution >= 4 is 23.5 Å². The van der Waals surface area contributed by atoms with Crippen LogP contribution in [0.5, 0.6) is 23.0 Å². The molecule has 0 saturated carbocycles. The van der Waals surface area contributed by atoms with Gasteiger partial charge in [-0.2, -0.15) is 0 Å². The zero-order chi connectivity index (χ0) is 23.8. The molecule has 4 aliphatic heterocycles. The van der Waals surface area contributed by atoms with Crippen molar-refractivity contribution in [3.63, 3.8) is 0 Å². The molecule has 2 amide bonds. The molecule has 1 fully saturated rings. The molecule has 0 aromatic heterocycles. The Labute approximate surface area is 201 Å². The van der Waals surface area contributed by atoms with Crippen molar-refractivity contribution in [3.8, 4) is 23.0 Å². The van der Waals surface area contributed by atoms with E-state index in [0.29, 0.717) is 36.2 Å². The smallest absolute Gasteiger partial charge is 0.249 e. The van der Waals surface area contributed by atoms with Crippen molar-refractivity contribution in [2.75, 3.05) is 45.1 Å². The van der Waals surface area contributed by atoms with Crippen LogP contribution in [-0.2, 0) is 16.1 Å². The van der Waals surface area contributed by atoms with Crippen LogP contribution in [0.4, 0.5) is 5.69 Å². The number of benzene rings is 2. The zero-order valence-corrected chi connectivity index (χ0v) is 19.0. The Bertz CT molecular complexity index is 1190. The molecule has 0 bridgehead atoms. The Hall–Kier alpha value is -3.99. The summed E-state index contributed by atoms with van der Waals surface area (Å²) >= 11 is 0. The monoisotopic (exact) mass is 479 g/mol. The summed E-state index contributed by atoms with van der Waals surface area (Å²) < 4.78 is 21.5. The molecule has 0 radical (unpaired) electrons. The highest BCUT2D eigenvalue weighted by Gasteiger charge is 2.31. The number of aliphatic imine (C=N–C) groups is 1. The first-order valence-electron chi connectivity index (χ1n) is 11.5. The normalized spacial score (nSPS) is 20.9. The van der Waals surface area contributed by atoms with E-state index < -0.39 is 6.04 Å². The van der Waals surface area contributed by atoms with Gasteiger partial charge < -0.3 is 29.2 Å². The average molecular weight is 479 g/mol. The summed E-state index contributed by atoms with van der Waals surface area (Å²) in [5.74, 6) is 2.67. The van der Waals surface area contributed by atoms with Gasteiger partial charge in [-0.1, -0.05) is 6.07 Å². The standard InChI is InChI=1S/C24H25N5O6/c30-22-11-17(23(31)25-16-2-4-19-21(10-16)35-14-33-19)26-24(27-22)29-7-5-28(6-8-29)12-15-1-3-18-20(9-15)34-13-32-18/h1-4,9-10,17H,5-8,11-14H2,(H,25,31)(H,26,27,30). The van der Waals surface area contributed by atoms with Gasteiger partial charge in [0.2, 0.25) is 31.4 Å². The first-order chi connectivity index (χ1) is 17.1. The topological polar surface area (TPSA) is 114 Å². The molecule has 11 heteroatoms. The van der Waals surface area contributed by atoms with Crippen molar-refractivity contribution in [2.24, 2.45) is 4.99 Å². The second-order valence-electron chi connectivity index (χ2n) is 8.73. The number of guanidine groups is 1. The van der Waals surface area contributed by atoms with Crippen LogP contribution < -0.4 is 29.6 Å². The second kappa shape index (κ2) is 8.99. The third-order valence-electron chi connectivity index (χ3n) is 6.37. The van der Waals surface area contributed by atoms with Gasteiger partial charge >= 0.3 is 0 Å². The van der Waals surface area contributed by atoms with Crippen LogP contribution in [0.2, 0.25) is 0 Å². The van der Waals surface area contributed by atoms with Gasteiger partial charge in [-0.25, -0.2) is 4.99 Å². The van der Waals surface area contributed by atoms with E-state index in [0.717, 1.165) is 36.7 Å². The molecular weight excluding hydrogens is 454 g/mol. The Balaban J connectivity index is 1.07. The lowest BCUT2D eigenvalue weighted by Crippen LogP contribution is -2.56. The lowest BCUT2D eigenvalue weighted by Gasteiger charge is -2.37. The van der Waals surface area contributed by atoms with Gasteiger partial charge in [0.05, 0.1) is 6.42 Å². The highest BCUT2D eigenvalue weighted by molar-refractivity contribution is 6.06. The number of hydrogen-bond donors (Lipinski definition) is 2. The van der Waals surface area contributed by atoms with Crippen molar-refractivity contribution in [1.29, 1.82) is 0 Å². The third-order valence-corrected chi connectivity index (χ3v) is 6.37. The molecule has 35 heavy (non-hydrogen) atoms. The molecule has 11 nitrogen and oxygen atoms in total. The maximum atomic E-state index is 12.9. The fraction of sp³-hybridized carbons (Fsp3) is 0.375. The van der Waals surface area contributed by atoms with Crippen LogP contribution in [0, 0.1) is 0 Å². The van der Waals surface area contributed by atoms with E-state index >= 15 is 0 Å². The van der Waals surface area contributed by atoms with E-state index in [4.69, 9.17) is 18.9 Å². The first-order valence-corrected chi connectivity index (χ1v) is 11.5. The molecule has 2 N–H and O–H groups in total. The fourth-order valence-corrected chi connectivity index (χ4v) is 4.50. The fourth-order valence-electron chi connectivity index (χ4n) is 4.50. The van der Waals surface area contributed by atoms with Crippen molar-refractivity contribution in [3.05, 3.63) is 42.0 Å². The number of anilines is 1. The predicted molar refractivity (Wildman–Crippen MR) is 125 cm³/mol. The maximum Gasteiger partial charge on any atom is 0.249 e. The van der Waals surface area contributed by atoms with Gasteiger partial charge in [-0.3, -0.25) is 19.8 Å². The Kier molecular flexibility index (Phi) is 5.53. The Morgan fingerprint density at radius 3 is 2.40 bits per heavy atom. The summed E-state index contributed by atoms with van der Waals surface area (Å²) in [6, 6.07) is 10.4. The number of carbonyl (C=O) groups is 2. The van der Waals surface area contributed by atoms with E-state index in [2.05, 4.69) is 26.6 Å². The summed E-state index contributed by atoms with van der Waals surface area (Å²) in [7, 11) is 0. The largest absolute Gasteiger partial charge is 0.454 e. The molecule has 0 aliphatic carbocycles. The SMILES string of the molecule is O=C1CC(C(=O)Nc2ccc3c(c2)OCO3)N=C(N2CCN(Cc3ccc4c(c3)OCO4)CC2)N1. The van der Waals surface area contributed by atoms with Crippen LogP contribution in [0.1, 0.15) is 12.0 Å². The van der Waals surface area contributed by atoms with Gasteiger partial charge in [0.1, 0.15) is 6.04 Å². The maximum absolute atomic E-state index is 12.9. The molecule has 0 spiro atoms. The molecule has 2 aromatic rings. The van der Waals surface area contributed by atoms with Crippen molar-refractivity contribution < 1.29 is 28.5 Å². The third kappa shape index (κ3) is 4.54. The minimum Gasteiger partial charge on any atom is -0.454 e. The number of amides is 2. The number of ether oxygens (including phenoxy) is 4. The van der Waals surface area contributed by atoms with Gasteiger partial charge in [-0.15, -0.1) is 0 Å². The van der Waals surface area contributed by atoms with Gasteiger partial charge in [-0.05, 0) is 29.8 Å². The van der Waals surface area contributed by atoms with Crippen LogP contribution >= 0.6 is 0 Å². The van der Waals surface area contributed by atoms with Gasteiger partial charge in [0.25, 0.3) is 0 Å². The molecule has 1 atom stereocenters. The highest BCUT2D eigenvalue weighted by atomic mass is 16.7. The van der Waals surface area contributed by atoms with E-state index in [9.17, 15) is 9.59 Å². The van der Waals surface area contributed by atoms with Crippen molar-refractivity contribution in [1.82, 2.24) is 15.1 Å². The number of nitrogens with one attached hydrogen (secondary N) is 2. The van der Waals surface area contributed by atoms with Crippen LogP contribution in [0.25, 0.3) is 0 Å². The van der Waals surface area contributed by atoms with E-state index in [1.165, 1.54) is 0 Å². The summed E-state index contributed by atoms with van der Waals surface area (Å²) in [6.07, 6.45) is 0.00393. The Morgan fingerprint density at radius 1 is 0.943 bits per heavy atom. The number of piperazine rings is 1. The average Bonchev–Trinajstić information content (AvgIpc) is 3.53. The van der Waals surface area contributed by atoms with Gasteiger partial charge in [0.15, 0.2) is 23.0 Å². The lowest BCUT2D eigenvalue weighted by atomic mass is 10.1. The van der Waals surface area contributed by atoms with Gasteiger partial charge in [0, 0.05) is 44.5 Å². The molecule has 2 aromatic carbocycles. The van der Waals surface area contributed by atoms with Crippen LogP contribution in [0.3, 0.4) is 0 Å². The summed E-state index contributed by atoms with van der Waals surface area (Å²) in [4.78, 5) is 34.2. The lowest BCUT2D eigenvalue weighted by molar-refractivity contribution is -0.125. The molecular formula is C24H25N5O6. The van der Waals surface area contributed by atoms with Crippen molar-refractivity contribution in [2.45, 2.75) is 19.0 Å². The first kappa shape index (κ1) is 21.5. The minimum atomic E-state index is -0.796. The highest BCUT2D eigenvalue weighted by Crippen LogP contribution is 2.34. The molecule has 1 saturated heterocycles. The van der Waals surface area contributed by atoms with Crippen LogP contribution in [-0.4, -0.2) is 73.4 Å². The molecule has 1 unspecified atom stereocenters. The number of carbonyl (C=O) groups excluding carboxylic acids is 2. The number of hydrogen-bond acceptors (Lipinski definition) is 9. The Morgan fingerprint density at radius 2 is 1.63 bits per heavy atom. The molecule has 182 valence electrons. The molecule has 4 aliphatic rings. The van der Waals surface area contributed by atoms with E-state index in [-0.39, 0.29) is 31.8 Å². The summed E-state index contributed by atoms with van der Waals surface area (Å²) in [6.45, 7) is 4.22. The number of nitrogens with zero attached hydrogens (tertiary/aromatic N) is 3. The number of fused-ring (bicyclic) bond motifs is 2. The van der Waals surface area contributed by atoms with E-state index in [1.54, 1.807) is 18.2 Å². The quantitative estimate of drug-likeness (QED) is 0.671. The summed E-state index contributed by atoms with van der Waals surface area (Å²) in [5, 5.41) is 5.66. The minimum absolute atomic E-state index is 0.00393.